The fourth-order valence-electron chi connectivity index (χ4n) is 1.97. The van der Waals surface area contributed by atoms with Gasteiger partial charge in [0, 0.05) is 15.8 Å². The zero-order chi connectivity index (χ0) is 11.5. The molecule has 0 aromatic heterocycles. The average Bonchev–Trinajstić information content (AvgIpc) is 2.48. The van der Waals surface area contributed by atoms with E-state index in [1.807, 2.05) is 0 Å². The van der Waals surface area contributed by atoms with Crippen molar-refractivity contribution in [3.05, 3.63) is 29.3 Å². The third-order valence-electron chi connectivity index (χ3n) is 2.62. The van der Waals surface area contributed by atoms with Gasteiger partial charge >= 0.3 is 0 Å². The van der Waals surface area contributed by atoms with Gasteiger partial charge in [-0.1, -0.05) is 17.7 Å². The Labute approximate surface area is 97.1 Å². The zero-order valence-electron chi connectivity index (χ0n) is 7.99. The molecule has 2 aromatic rings. The molecule has 4 nitrogen and oxygen atoms in total. The zero-order valence-corrected chi connectivity index (χ0v) is 9.56. The van der Waals surface area contributed by atoms with Gasteiger partial charge in [0.2, 0.25) is 0 Å². The van der Waals surface area contributed by atoms with Gasteiger partial charge in [0.15, 0.2) is 0 Å². The van der Waals surface area contributed by atoms with Crippen LogP contribution in [0.1, 0.15) is 0 Å². The second-order valence-corrected chi connectivity index (χ2v) is 5.63. The lowest BCUT2D eigenvalue weighted by Gasteiger charge is -2.03. The Morgan fingerprint density at radius 1 is 1.19 bits per heavy atom. The number of hydrogen-bond donors (Lipinski definition) is 2. The van der Waals surface area contributed by atoms with Crippen molar-refractivity contribution < 1.29 is 8.42 Å². The number of nitrogens with one attached hydrogen (secondary N) is 1. The minimum atomic E-state index is -3.54. The summed E-state index contributed by atoms with van der Waals surface area (Å²) in [5, 5.41) is 1.78. The first-order valence-corrected chi connectivity index (χ1v) is 6.40. The second kappa shape index (κ2) is 2.81. The van der Waals surface area contributed by atoms with Crippen LogP contribution in [0, 0.1) is 0 Å². The monoisotopic (exact) mass is 254 g/mol. The van der Waals surface area contributed by atoms with Crippen LogP contribution in [-0.2, 0) is 10.0 Å². The molecule has 1 aliphatic heterocycles. The number of nitrogen functional groups attached to an aromatic ring is 1. The molecule has 16 heavy (non-hydrogen) atoms. The van der Waals surface area contributed by atoms with E-state index < -0.39 is 10.0 Å². The van der Waals surface area contributed by atoms with E-state index in [2.05, 4.69) is 4.72 Å². The Bertz CT molecular complexity index is 725. The van der Waals surface area contributed by atoms with E-state index in [1.54, 1.807) is 24.3 Å². The first-order valence-electron chi connectivity index (χ1n) is 4.54. The van der Waals surface area contributed by atoms with Crippen molar-refractivity contribution in [1.29, 1.82) is 0 Å². The van der Waals surface area contributed by atoms with Crippen LogP contribution in [0.25, 0.3) is 10.8 Å². The molecule has 0 radical (unpaired) electrons. The largest absolute Gasteiger partial charge is 0.398 e. The Hall–Kier alpha value is -1.46. The number of halogens is 1. The van der Waals surface area contributed by atoms with Crippen molar-refractivity contribution in [2.75, 3.05) is 10.5 Å². The van der Waals surface area contributed by atoms with Gasteiger partial charge in [0.05, 0.1) is 11.4 Å². The van der Waals surface area contributed by atoms with Crippen molar-refractivity contribution in [2.24, 2.45) is 0 Å². The standard InChI is InChI=1S/C10H7ClN2O2S/c11-6-2-4-8-9-5(6)1-3-7(12)10(9)16(14,15)13-8/h1-4,13H,12H2. The maximum Gasteiger partial charge on any atom is 0.264 e. The Morgan fingerprint density at radius 2 is 1.94 bits per heavy atom. The van der Waals surface area contributed by atoms with Crippen molar-refractivity contribution in [2.45, 2.75) is 4.90 Å². The SMILES string of the molecule is Nc1ccc2c(Cl)ccc3c2c1S(=O)(=O)N3. The molecule has 0 bridgehead atoms. The van der Waals surface area contributed by atoms with Crippen LogP contribution in [0.15, 0.2) is 29.2 Å². The molecule has 0 amide bonds. The Balaban J connectivity index is 2.65. The minimum absolute atomic E-state index is 0.127. The number of sulfonamides is 1. The van der Waals surface area contributed by atoms with E-state index in [-0.39, 0.29) is 10.6 Å². The Morgan fingerprint density at radius 3 is 2.69 bits per heavy atom. The maximum atomic E-state index is 11.8. The summed E-state index contributed by atoms with van der Waals surface area (Å²) in [6.45, 7) is 0. The van der Waals surface area contributed by atoms with E-state index in [1.165, 1.54) is 0 Å². The fraction of sp³-hybridized carbons (Fsp3) is 0. The van der Waals surface area contributed by atoms with Gasteiger partial charge in [-0.2, -0.15) is 0 Å². The van der Waals surface area contributed by atoms with Crippen molar-refractivity contribution in [3.8, 4) is 0 Å². The molecule has 0 atom stereocenters. The highest BCUT2D eigenvalue weighted by molar-refractivity contribution is 7.93. The molecule has 3 N–H and O–H groups in total. The molecular weight excluding hydrogens is 248 g/mol. The van der Waals surface area contributed by atoms with Gasteiger partial charge in [-0.05, 0) is 18.2 Å². The second-order valence-electron chi connectivity index (χ2n) is 3.61. The van der Waals surface area contributed by atoms with E-state index >= 15 is 0 Å². The lowest BCUT2D eigenvalue weighted by Crippen LogP contribution is -2.08. The van der Waals surface area contributed by atoms with Crippen LogP contribution >= 0.6 is 11.6 Å². The van der Waals surface area contributed by atoms with E-state index in [0.29, 0.717) is 21.5 Å². The number of nitrogens with two attached hydrogens (primary N) is 1. The summed E-state index contributed by atoms with van der Waals surface area (Å²) >= 11 is 6.01. The maximum absolute atomic E-state index is 11.8. The summed E-state index contributed by atoms with van der Waals surface area (Å²) in [6.07, 6.45) is 0. The molecule has 1 heterocycles. The van der Waals surface area contributed by atoms with Gasteiger partial charge in [0.1, 0.15) is 4.90 Å². The molecule has 0 unspecified atom stereocenters. The minimum Gasteiger partial charge on any atom is -0.398 e. The number of hydrogen-bond acceptors (Lipinski definition) is 3. The molecule has 3 rings (SSSR count). The third kappa shape index (κ3) is 1.07. The van der Waals surface area contributed by atoms with Crippen molar-refractivity contribution >= 4 is 43.8 Å². The number of rotatable bonds is 0. The normalized spacial score (nSPS) is 16.3. The summed E-state index contributed by atoms with van der Waals surface area (Å²) in [5.74, 6) is 0. The van der Waals surface area contributed by atoms with Crippen LogP contribution in [-0.4, -0.2) is 8.42 Å². The number of anilines is 2. The van der Waals surface area contributed by atoms with Gasteiger partial charge in [0.25, 0.3) is 10.0 Å². The topological polar surface area (TPSA) is 72.2 Å². The molecule has 0 saturated carbocycles. The summed E-state index contributed by atoms with van der Waals surface area (Å²) in [6, 6.07) is 6.57. The highest BCUT2D eigenvalue weighted by atomic mass is 35.5. The molecule has 1 aliphatic rings. The van der Waals surface area contributed by atoms with E-state index in [9.17, 15) is 8.42 Å². The molecule has 6 heteroatoms. The van der Waals surface area contributed by atoms with Crippen LogP contribution in [0.4, 0.5) is 11.4 Å². The lowest BCUT2D eigenvalue weighted by atomic mass is 10.1. The molecule has 0 fully saturated rings. The van der Waals surface area contributed by atoms with Crippen LogP contribution in [0.3, 0.4) is 0 Å². The third-order valence-corrected chi connectivity index (χ3v) is 4.42. The van der Waals surface area contributed by atoms with Gasteiger partial charge in [-0.25, -0.2) is 8.42 Å². The van der Waals surface area contributed by atoms with Crippen LogP contribution in [0.5, 0.6) is 0 Å². The fourth-order valence-corrected chi connectivity index (χ4v) is 3.61. The summed E-state index contributed by atoms with van der Waals surface area (Å²) in [7, 11) is -3.54. The van der Waals surface area contributed by atoms with E-state index in [0.717, 1.165) is 0 Å². The highest BCUT2D eigenvalue weighted by Crippen LogP contribution is 2.42. The van der Waals surface area contributed by atoms with Gasteiger partial charge in [-0.3, -0.25) is 4.72 Å². The molecule has 0 aliphatic carbocycles. The predicted octanol–water partition coefficient (Wildman–Crippen LogP) is 2.19. The highest BCUT2D eigenvalue weighted by Gasteiger charge is 2.30. The van der Waals surface area contributed by atoms with E-state index in [4.69, 9.17) is 17.3 Å². The first kappa shape index (κ1) is 9.74. The van der Waals surface area contributed by atoms with Crippen LogP contribution in [0.2, 0.25) is 5.02 Å². The molecular formula is C10H7ClN2O2S. The quantitative estimate of drug-likeness (QED) is 0.708. The Kier molecular flexibility index (Phi) is 1.71. The molecule has 0 spiro atoms. The first-order chi connectivity index (χ1) is 7.50. The molecule has 2 aromatic carbocycles. The summed E-state index contributed by atoms with van der Waals surface area (Å²) in [5.41, 5.74) is 6.46. The predicted molar refractivity (Wildman–Crippen MR) is 64.2 cm³/mol. The molecule has 0 saturated heterocycles. The van der Waals surface area contributed by atoms with Gasteiger partial charge < -0.3 is 5.73 Å². The van der Waals surface area contributed by atoms with Gasteiger partial charge in [-0.15, -0.1) is 0 Å². The van der Waals surface area contributed by atoms with Crippen molar-refractivity contribution in [3.63, 3.8) is 0 Å². The summed E-state index contributed by atoms with van der Waals surface area (Å²) in [4.78, 5) is 0.127. The number of benzene rings is 2. The lowest BCUT2D eigenvalue weighted by molar-refractivity contribution is 0.603. The molecule has 82 valence electrons. The summed E-state index contributed by atoms with van der Waals surface area (Å²) < 4.78 is 26.1. The van der Waals surface area contributed by atoms with Crippen molar-refractivity contribution in [1.82, 2.24) is 0 Å². The average molecular weight is 255 g/mol. The van der Waals surface area contributed by atoms with Crippen LogP contribution < -0.4 is 10.5 Å². The smallest absolute Gasteiger partial charge is 0.264 e.